The minimum Gasteiger partial charge on any atom is -0.493 e. The third kappa shape index (κ3) is 4.12. The summed E-state index contributed by atoms with van der Waals surface area (Å²) in [6, 6.07) is 17.6. The molecule has 0 spiro atoms. The average Bonchev–Trinajstić information content (AvgIpc) is 3.71. The van der Waals surface area contributed by atoms with E-state index >= 15 is 0 Å². The molecule has 2 N–H and O–H groups in total. The third-order valence-corrected chi connectivity index (χ3v) is 7.62. The number of methoxy groups -OCH3 is 3. The van der Waals surface area contributed by atoms with Crippen LogP contribution in [0.5, 0.6) is 23.0 Å². The van der Waals surface area contributed by atoms with E-state index in [9.17, 15) is 4.79 Å². The van der Waals surface area contributed by atoms with E-state index in [4.69, 9.17) is 30.5 Å². The maximum atomic E-state index is 14.0. The number of benzene rings is 3. The maximum Gasteiger partial charge on any atom is 0.274 e. The molecule has 2 aromatic heterocycles. The van der Waals surface area contributed by atoms with Crippen LogP contribution in [0.2, 0.25) is 0 Å². The highest BCUT2D eigenvalue weighted by atomic mass is 35.5. The predicted molar refractivity (Wildman–Crippen MR) is 152 cm³/mol. The van der Waals surface area contributed by atoms with Crippen molar-refractivity contribution in [3.8, 4) is 23.0 Å². The van der Waals surface area contributed by atoms with Gasteiger partial charge in [-0.2, -0.15) is 0 Å². The minimum absolute atomic E-state index is 0.0220. The number of carbonyl (C=O) groups excluding carboxylic acids is 1. The number of nitrogens with zero attached hydrogens (tertiary/aromatic N) is 1. The lowest BCUT2D eigenvalue weighted by atomic mass is 9.99. The van der Waals surface area contributed by atoms with Crippen molar-refractivity contribution >= 4 is 45.0 Å². The summed E-state index contributed by atoms with van der Waals surface area (Å²) >= 11 is 6.44. The van der Waals surface area contributed by atoms with E-state index < -0.39 is 0 Å². The number of rotatable bonds is 8. The van der Waals surface area contributed by atoms with Gasteiger partial charge < -0.3 is 33.8 Å². The number of amides is 1. The highest BCUT2D eigenvalue weighted by Gasteiger charge is 2.36. The molecular weight excluding hydrogens is 518 g/mol. The topological polar surface area (TPSA) is 88.8 Å². The summed E-state index contributed by atoms with van der Waals surface area (Å²) in [6.45, 7) is 0.866. The van der Waals surface area contributed by atoms with E-state index in [2.05, 4.69) is 9.97 Å². The lowest BCUT2D eigenvalue weighted by molar-refractivity contribution is 0.0984. The Kier molecular flexibility index (Phi) is 6.48. The predicted octanol–water partition coefficient (Wildman–Crippen LogP) is 6.24. The largest absolute Gasteiger partial charge is 0.493 e. The fourth-order valence-corrected chi connectivity index (χ4v) is 5.70. The molecule has 3 aromatic carbocycles. The Balaban J connectivity index is 1.42. The van der Waals surface area contributed by atoms with Crippen LogP contribution < -0.4 is 23.8 Å². The fraction of sp³-hybridized carbons (Fsp3) is 0.233. The molecule has 1 atom stereocenters. The molecule has 0 bridgehead atoms. The number of alkyl halides is 1. The molecule has 0 fully saturated rings. The van der Waals surface area contributed by atoms with Crippen LogP contribution in [-0.4, -0.2) is 49.6 Å². The Hall–Kier alpha value is -4.30. The first-order chi connectivity index (χ1) is 19.1. The summed E-state index contributed by atoms with van der Waals surface area (Å²) in [5.74, 6) is 2.31. The van der Waals surface area contributed by atoms with Crippen molar-refractivity contribution in [3.05, 3.63) is 77.6 Å². The van der Waals surface area contributed by atoms with Crippen LogP contribution in [0.15, 0.2) is 60.8 Å². The molecule has 0 radical (unpaired) electrons. The van der Waals surface area contributed by atoms with Crippen LogP contribution in [0.4, 0.5) is 5.69 Å². The lowest BCUT2D eigenvalue weighted by Crippen LogP contribution is -2.30. The van der Waals surface area contributed by atoms with Gasteiger partial charge in [0.1, 0.15) is 18.1 Å². The smallest absolute Gasteiger partial charge is 0.274 e. The second-order valence-electron chi connectivity index (χ2n) is 9.41. The summed E-state index contributed by atoms with van der Waals surface area (Å²) < 4.78 is 22.9. The first-order valence-corrected chi connectivity index (χ1v) is 13.1. The zero-order valence-corrected chi connectivity index (χ0v) is 22.6. The molecule has 3 heterocycles. The van der Waals surface area contributed by atoms with Crippen molar-refractivity contribution < 1.29 is 23.7 Å². The number of carbonyl (C=O) groups is 1. The third-order valence-electron chi connectivity index (χ3n) is 7.25. The number of anilines is 1. The summed E-state index contributed by atoms with van der Waals surface area (Å²) in [5.41, 5.74) is 4.85. The Morgan fingerprint density at radius 3 is 2.49 bits per heavy atom. The zero-order chi connectivity index (χ0) is 27.1. The SMILES string of the molecule is COc1cc2cc(C(=O)N3C[C@H](CCl)c4c3cc(OCc3ccccc3)c3[nH]ccc43)[nH]c2c(OC)c1OC. The second-order valence-corrected chi connectivity index (χ2v) is 9.72. The number of fused-ring (bicyclic) bond motifs is 4. The molecule has 5 aromatic rings. The van der Waals surface area contributed by atoms with Gasteiger partial charge in [0.05, 0.1) is 38.1 Å². The maximum absolute atomic E-state index is 14.0. The molecule has 1 aliphatic rings. The molecule has 1 aliphatic heterocycles. The van der Waals surface area contributed by atoms with Gasteiger partial charge >= 0.3 is 0 Å². The number of halogens is 1. The number of H-pyrrole nitrogens is 2. The summed E-state index contributed by atoms with van der Waals surface area (Å²) in [5, 5.41) is 1.78. The molecular formula is C30H28ClN3O5. The van der Waals surface area contributed by atoms with Gasteiger partial charge in [-0.3, -0.25) is 4.79 Å². The number of aromatic nitrogens is 2. The second kappa shape index (κ2) is 10.1. The van der Waals surface area contributed by atoms with Crippen LogP contribution in [0, 0.1) is 0 Å². The van der Waals surface area contributed by atoms with Gasteiger partial charge in [-0.1, -0.05) is 30.3 Å². The number of hydrogen-bond acceptors (Lipinski definition) is 5. The molecule has 8 nitrogen and oxygen atoms in total. The molecule has 0 aliphatic carbocycles. The Morgan fingerprint density at radius 2 is 1.77 bits per heavy atom. The standard InChI is InChI=1S/C30H28ClN3O5/c1-36-24-12-18-11-21(33-26(18)29(38-3)28(24)37-2)30(35)34-15-19(14-31)25-20-9-10-32-27(20)23(13-22(25)34)39-16-17-7-5-4-6-8-17/h4-13,19,32-33H,14-16H2,1-3H3/t19-/m0/s1. The van der Waals surface area contributed by atoms with E-state index in [1.807, 2.05) is 54.7 Å². The van der Waals surface area contributed by atoms with Gasteiger partial charge in [-0.05, 0) is 29.3 Å². The molecule has 1 amide bonds. The fourth-order valence-electron chi connectivity index (χ4n) is 5.44. The Labute approximate surface area is 230 Å². The van der Waals surface area contributed by atoms with E-state index in [0.29, 0.717) is 53.2 Å². The highest BCUT2D eigenvalue weighted by Crippen LogP contribution is 2.47. The number of nitrogens with one attached hydrogen (secondary N) is 2. The number of ether oxygens (including phenoxy) is 4. The van der Waals surface area contributed by atoms with Crippen molar-refractivity contribution in [2.24, 2.45) is 0 Å². The normalized spacial score (nSPS) is 14.6. The van der Waals surface area contributed by atoms with Crippen LogP contribution in [0.25, 0.3) is 21.8 Å². The molecule has 6 rings (SSSR count). The molecule has 0 unspecified atom stereocenters. The van der Waals surface area contributed by atoms with Crippen molar-refractivity contribution in [2.75, 3.05) is 38.7 Å². The molecule has 0 saturated carbocycles. The van der Waals surface area contributed by atoms with Gasteiger partial charge in [0, 0.05) is 41.4 Å². The summed E-state index contributed by atoms with van der Waals surface area (Å²) in [7, 11) is 4.67. The van der Waals surface area contributed by atoms with Gasteiger partial charge in [-0.15, -0.1) is 11.6 Å². The van der Waals surface area contributed by atoms with Gasteiger partial charge in [0.15, 0.2) is 11.5 Å². The van der Waals surface area contributed by atoms with Crippen molar-refractivity contribution in [1.82, 2.24) is 9.97 Å². The van der Waals surface area contributed by atoms with Crippen LogP contribution in [0.1, 0.15) is 27.5 Å². The summed E-state index contributed by atoms with van der Waals surface area (Å²) in [6.07, 6.45) is 1.89. The first-order valence-electron chi connectivity index (χ1n) is 12.6. The first kappa shape index (κ1) is 25.0. The Bertz CT molecular complexity index is 1680. The van der Waals surface area contributed by atoms with E-state index in [1.54, 1.807) is 32.3 Å². The van der Waals surface area contributed by atoms with Gasteiger partial charge in [-0.25, -0.2) is 0 Å². The van der Waals surface area contributed by atoms with Crippen molar-refractivity contribution in [3.63, 3.8) is 0 Å². The highest BCUT2D eigenvalue weighted by molar-refractivity contribution is 6.19. The van der Waals surface area contributed by atoms with Crippen LogP contribution in [0.3, 0.4) is 0 Å². The van der Waals surface area contributed by atoms with E-state index in [1.165, 1.54) is 0 Å². The van der Waals surface area contributed by atoms with Crippen molar-refractivity contribution in [1.29, 1.82) is 0 Å². The molecule has 9 heteroatoms. The minimum atomic E-state index is -0.177. The quantitative estimate of drug-likeness (QED) is 0.225. The number of hydrogen-bond donors (Lipinski definition) is 2. The van der Waals surface area contributed by atoms with Crippen molar-refractivity contribution in [2.45, 2.75) is 12.5 Å². The zero-order valence-electron chi connectivity index (χ0n) is 21.8. The monoisotopic (exact) mass is 545 g/mol. The van der Waals surface area contributed by atoms with E-state index in [0.717, 1.165) is 33.1 Å². The number of aromatic amines is 2. The van der Waals surface area contributed by atoms with Crippen LogP contribution in [-0.2, 0) is 6.61 Å². The van der Waals surface area contributed by atoms with Gasteiger partial charge in [0.25, 0.3) is 5.91 Å². The molecule has 0 saturated heterocycles. The van der Waals surface area contributed by atoms with Crippen LogP contribution >= 0.6 is 11.6 Å². The van der Waals surface area contributed by atoms with E-state index in [-0.39, 0.29) is 11.8 Å². The van der Waals surface area contributed by atoms with Gasteiger partial charge in [0.2, 0.25) is 5.75 Å². The Morgan fingerprint density at radius 1 is 0.974 bits per heavy atom. The molecule has 200 valence electrons. The summed E-state index contributed by atoms with van der Waals surface area (Å²) in [4.78, 5) is 22.4. The molecule has 39 heavy (non-hydrogen) atoms. The lowest BCUT2D eigenvalue weighted by Gasteiger charge is -2.18. The average molecular weight is 546 g/mol.